The number of likely N-dealkylation sites (N-methyl/N-ethyl adjacent to an activating group) is 1. The molecule has 1 saturated heterocycles. The number of amides is 1. The van der Waals surface area contributed by atoms with E-state index < -0.39 is 17.6 Å². The maximum absolute atomic E-state index is 13.0. The van der Waals surface area contributed by atoms with Crippen molar-refractivity contribution in [3.05, 3.63) is 107 Å². The fourth-order valence-electron chi connectivity index (χ4n) is 4.42. The molecule has 4 aromatic rings. The Labute approximate surface area is 242 Å². The molecule has 42 heavy (non-hydrogen) atoms. The molecule has 1 amide bonds. The summed E-state index contributed by atoms with van der Waals surface area (Å²) < 4.78 is 39.0. The van der Waals surface area contributed by atoms with Gasteiger partial charge >= 0.3 is 6.18 Å². The zero-order valence-electron chi connectivity index (χ0n) is 23.2. The van der Waals surface area contributed by atoms with Crippen LogP contribution in [0.4, 0.5) is 36.2 Å². The van der Waals surface area contributed by atoms with Crippen molar-refractivity contribution in [3.63, 3.8) is 0 Å². The summed E-state index contributed by atoms with van der Waals surface area (Å²) in [4.78, 5) is 26.2. The molecule has 214 valence electrons. The van der Waals surface area contributed by atoms with Crippen molar-refractivity contribution >= 4 is 28.9 Å². The summed E-state index contributed by atoms with van der Waals surface area (Å²) in [6.45, 7) is 5.97. The minimum Gasteiger partial charge on any atom is -0.369 e. The van der Waals surface area contributed by atoms with E-state index in [1.54, 1.807) is 30.6 Å². The number of piperazine rings is 1. The number of hydrogen-bond donors (Lipinski definition) is 2. The Balaban J connectivity index is 1.22. The molecule has 7 nitrogen and oxygen atoms in total. The average molecular weight is 571 g/mol. The number of alkyl halides is 3. The van der Waals surface area contributed by atoms with Gasteiger partial charge in [0.15, 0.2) is 0 Å². The number of halogens is 3. The Morgan fingerprint density at radius 2 is 1.60 bits per heavy atom. The van der Waals surface area contributed by atoms with E-state index >= 15 is 0 Å². The van der Waals surface area contributed by atoms with E-state index in [-0.39, 0.29) is 11.3 Å². The van der Waals surface area contributed by atoms with E-state index in [0.717, 1.165) is 49.6 Å². The van der Waals surface area contributed by atoms with Crippen LogP contribution in [0.3, 0.4) is 0 Å². The fraction of sp³-hybridized carbons (Fsp3) is 0.219. The SMILES string of the molecule is Cc1ccc(C(=O)Nc2cccc(C(F)(F)F)c2)cc1C#Cc1cnc(Nc2ccc(N3CCN(C)CC3)cc2)nc1. The molecule has 5 rings (SSSR count). The first-order chi connectivity index (χ1) is 20.1. The monoisotopic (exact) mass is 570 g/mol. The van der Waals surface area contributed by atoms with Crippen molar-refractivity contribution < 1.29 is 18.0 Å². The van der Waals surface area contributed by atoms with Crippen LogP contribution in [0.25, 0.3) is 0 Å². The zero-order valence-corrected chi connectivity index (χ0v) is 23.2. The normalized spacial score (nSPS) is 13.7. The Morgan fingerprint density at radius 3 is 2.29 bits per heavy atom. The average Bonchev–Trinajstić information content (AvgIpc) is 2.98. The van der Waals surface area contributed by atoms with Crippen molar-refractivity contribution in [2.24, 2.45) is 0 Å². The highest BCUT2D eigenvalue weighted by molar-refractivity contribution is 6.04. The highest BCUT2D eigenvalue weighted by Gasteiger charge is 2.30. The van der Waals surface area contributed by atoms with Crippen molar-refractivity contribution in [1.82, 2.24) is 14.9 Å². The van der Waals surface area contributed by atoms with Crippen LogP contribution >= 0.6 is 0 Å². The largest absolute Gasteiger partial charge is 0.416 e. The van der Waals surface area contributed by atoms with Crippen LogP contribution in [0, 0.1) is 18.8 Å². The molecule has 0 bridgehead atoms. The predicted octanol–water partition coefficient (Wildman–Crippen LogP) is 5.95. The molecule has 1 aliphatic heterocycles. The van der Waals surface area contributed by atoms with Crippen molar-refractivity contribution in [2.75, 3.05) is 48.8 Å². The van der Waals surface area contributed by atoms with Crippen LogP contribution in [0.15, 0.2) is 79.1 Å². The molecule has 0 spiro atoms. The second-order valence-electron chi connectivity index (χ2n) is 10.1. The van der Waals surface area contributed by atoms with Gasteiger partial charge in [0.05, 0.1) is 11.1 Å². The van der Waals surface area contributed by atoms with Gasteiger partial charge in [-0.05, 0) is 74.1 Å². The summed E-state index contributed by atoms with van der Waals surface area (Å²) >= 11 is 0. The second kappa shape index (κ2) is 12.3. The summed E-state index contributed by atoms with van der Waals surface area (Å²) in [7, 11) is 2.14. The first-order valence-corrected chi connectivity index (χ1v) is 13.4. The number of nitrogens with one attached hydrogen (secondary N) is 2. The smallest absolute Gasteiger partial charge is 0.369 e. The maximum Gasteiger partial charge on any atom is 0.416 e. The third-order valence-corrected chi connectivity index (χ3v) is 6.93. The Morgan fingerprint density at radius 1 is 0.881 bits per heavy atom. The number of hydrogen-bond acceptors (Lipinski definition) is 6. The molecule has 2 heterocycles. The molecule has 3 aromatic carbocycles. The molecular formula is C32H29F3N6O. The van der Waals surface area contributed by atoms with Crippen molar-refractivity contribution in [3.8, 4) is 11.8 Å². The standard InChI is InChI=1S/C32H29F3N6O/c1-22-6-8-25(30(42)38-28-5-3-4-26(19-28)32(33,34)35)18-24(22)9-7-23-20-36-31(37-21-23)39-27-10-12-29(13-11-27)41-16-14-40(2)15-17-41/h3-6,8,10-13,18-21H,14-17H2,1-2H3,(H,38,42)(H,36,37,39). The molecule has 10 heteroatoms. The molecular weight excluding hydrogens is 541 g/mol. The first-order valence-electron chi connectivity index (χ1n) is 13.4. The molecule has 1 aliphatic rings. The second-order valence-corrected chi connectivity index (χ2v) is 10.1. The molecule has 1 fully saturated rings. The van der Waals surface area contributed by atoms with E-state index in [2.05, 4.69) is 61.4 Å². The summed E-state index contributed by atoms with van der Waals surface area (Å²) in [5, 5.41) is 5.72. The number of benzene rings is 3. The van der Waals surface area contributed by atoms with E-state index in [4.69, 9.17) is 0 Å². The quantitative estimate of drug-likeness (QED) is 0.289. The van der Waals surface area contributed by atoms with Gasteiger partial charge in [0.1, 0.15) is 0 Å². The highest BCUT2D eigenvalue weighted by Crippen LogP contribution is 2.31. The van der Waals surface area contributed by atoms with Gasteiger partial charge in [-0.1, -0.05) is 24.0 Å². The Bertz CT molecular complexity index is 1620. The lowest BCUT2D eigenvalue weighted by Gasteiger charge is -2.34. The molecule has 0 radical (unpaired) electrons. The van der Waals surface area contributed by atoms with E-state index in [0.29, 0.717) is 17.1 Å². The van der Waals surface area contributed by atoms with Gasteiger partial charge in [-0.3, -0.25) is 4.79 Å². The molecule has 0 atom stereocenters. The first kappa shape index (κ1) is 28.6. The third kappa shape index (κ3) is 7.25. The highest BCUT2D eigenvalue weighted by atomic mass is 19.4. The van der Waals surface area contributed by atoms with Gasteiger partial charge in [-0.2, -0.15) is 13.2 Å². The number of aromatic nitrogens is 2. The van der Waals surface area contributed by atoms with Crippen molar-refractivity contribution in [2.45, 2.75) is 13.1 Å². The van der Waals surface area contributed by atoms with Crippen LogP contribution < -0.4 is 15.5 Å². The minimum atomic E-state index is -4.50. The van der Waals surface area contributed by atoms with Crippen LogP contribution in [-0.2, 0) is 6.18 Å². The summed E-state index contributed by atoms with van der Waals surface area (Å²) in [6.07, 6.45) is -1.28. The molecule has 2 N–H and O–H groups in total. The van der Waals surface area contributed by atoms with Gasteiger partial charge in [-0.15, -0.1) is 0 Å². The van der Waals surface area contributed by atoms with E-state index in [1.807, 2.05) is 19.1 Å². The lowest BCUT2D eigenvalue weighted by Crippen LogP contribution is -2.44. The Hall–Kier alpha value is -4.88. The zero-order chi connectivity index (χ0) is 29.7. The minimum absolute atomic E-state index is 0.0554. The van der Waals surface area contributed by atoms with E-state index in [9.17, 15) is 18.0 Å². The molecule has 1 aromatic heterocycles. The molecule has 0 unspecified atom stereocenters. The van der Waals surface area contributed by atoms with E-state index in [1.165, 1.54) is 17.8 Å². The molecule has 0 saturated carbocycles. The van der Waals surface area contributed by atoms with Crippen LogP contribution in [0.1, 0.15) is 32.6 Å². The van der Waals surface area contributed by atoms with Crippen LogP contribution in [-0.4, -0.2) is 54.0 Å². The van der Waals surface area contributed by atoms with Gasteiger partial charge in [0.25, 0.3) is 5.91 Å². The third-order valence-electron chi connectivity index (χ3n) is 6.93. The van der Waals surface area contributed by atoms with Gasteiger partial charge in [-0.25, -0.2) is 9.97 Å². The van der Waals surface area contributed by atoms with Gasteiger partial charge < -0.3 is 20.4 Å². The lowest BCUT2D eigenvalue weighted by atomic mass is 10.0. The molecule has 0 aliphatic carbocycles. The summed E-state index contributed by atoms with van der Waals surface area (Å²) in [5.74, 6) is 5.96. The van der Waals surface area contributed by atoms with Gasteiger partial charge in [0.2, 0.25) is 5.95 Å². The van der Waals surface area contributed by atoms with Crippen LogP contribution in [0.5, 0.6) is 0 Å². The summed E-state index contributed by atoms with van der Waals surface area (Å²) in [5.41, 5.74) is 3.60. The lowest BCUT2D eigenvalue weighted by molar-refractivity contribution is -0.137. The number of rotatable bonds is 5. The Kier molecular flexibility index (Phi) is 8.41. The number of nitrogens with zero attached hydrogens (tertiary/aromatic N) is 4. The fourth-order valence-corrected chi connectivity index (χ4v) is 4.42. The van der Waals surface area contributed by atoms with Gasteiger partial charge in [0, 0.05) is 66.8 Å². The number of anilines is 4. The van der Waals surface area contributed by atoms with Crippen LogP contribution in [0.2, 0.25) is 0 Å². The number of carbonyl (C=O) groups excluding carboxylic acids is 1. The topological polar surface area (TPSA) is 73.4 Å². The predicted molar refractivity (Wildman–Crippen MR) is 158 cm³/mol. The number of carbonyl (C=O) groups is 1. The summed E-state index contributed by atoms with van der Waals surface area (Å²) in [6, 6.07) is 17.6. The maximum atomic E-state index is 13.0. The number of aryl methyl sites for hydroxylation is 1. The van der Waals surface area contributed by atoms with Crippen molar-refractivity contribution in [1.29, 1.82) is 0 Å².